The number of halogens is 1. The highest BCUT2D eigenvalue weighted by Gasteiger charge is 2.41. The number of nitrogens with zero attached hydrogens (tertiary/aromatic N) is 1. The lowest BCUT2D eigenvalue weighted by atomic mass is 10.1. The molecule has 1 atom stereocenters. The molecule has 27 heavy (non-hydrogen) atoms. The van der Waals surface area contributed by atoms with E-state index in [0.29, 0.717) is 17.5 Å². The van der Waals surface area contributed by atoms with Crippen molar-refractivity contribution in [3.05, 3.63) is 65.5 Å². The molecule has 0 saturated carbocycles. The van der Waals surface area contributed by atoms with Gasteiger partial charge in [-0.1, -0.05) is 25.1 Å². The largest absolute Gasteiger partial charge is 0.352 e. The average molecular weight is 390 g/mol. The van der Waals surface area contributed by atoms with Crippen LogP contribution in [0.4, 0.5) is 10.1 Å². The summed E-state index contributed by atoms with van der Waals surface area (Å²) in [6, 6.07) is 12.1. The molecule has 0 bridgehead atoms. The molecule has 0 unspecified atom stereocenters. The first-order valence-electron chi connectivity index (χ1n) is 8.48. The topological polar surface area (TPSA) is 83.6 Å². The Morgan fingerprint density at radius 1 is 1.19 bits per heavy atom. The highest BCUT2D eigenvalue weighted by atomic mass is 32.2. The Labute approximate surface area is 157 Å². The van der Waals surface area contributed by atoms with E-state index in [2.05, 4.69) is 5.32 Å². The summed E-state index contributed by atoms with van der Waals surface area (Å²) < 4.78 is 38.5. The zero-order chi connectivity index (χ0) is 19.6. The first-order valence-corrected chi connectivity index (χ1v) is 10.1. The zero-order valence-corrected chi connectivity index (χ0v) is 15.5. The number of hydrogen-bond acceptors (Lipinski definition) is 4. The standard InChI is InChI=1S/C19H19FN2O4S/c1-13-12-27(25,26)22(19(13)24)16-8-6-15(7-9-16)18(23)21-11-10-14-4-2-3-5-17(14)20/h2-9,13H,10-12H2,1H3,(H,21,23)/t13-/m1/s1. The van der Waals surface area contributed by atoms with Gasteiger partial charge in [0.15, 0.2) is 0 Å². The molecular weight excluding hydrogens is 371 g/mol. The summed E-state index contributed by atoms with van der Waals surface area (Å²) in [6.07, 6.45) is 0.356. The fourth-order valence-corrected chi connectivity index (χ4v) is 4.77. The Bertz CT molecular complexity index is 973. The SMILES string of the molecule is C[C@@H]1CS(=O)(=O)N(c2ccc(C(=O)NCCc3ccccc3F)cc2)C1=O. The highest BCUT2D eigenvalue weighted by Crippen LogP contribution is 2.28. The van der Waals surface area contributed by atoms with Gasteiger partial charge in [0.2, 0.25) is 15.9 Å². The van der Waals surface area contributed by atoms with Crippen LogP contribution in [-0.2, 0) is 21.2 Å². The van der Waals surface area contributed by atoms with Crippen LogP contribution in [0, 0.1) is 11.7 Å². The maximum Gasteiger partial charge on any atom is 0.251 e. The summed E-state index contributed by atoms with van der Waals surface area (Å²) in [7, 11) is -3.67. The first kappa shape index (κ1) is 19.0. The molecule has 3 rings (SSSR count). The highest BCUT2D eigenvalue weighted by molar-refractivity contribution is 7.94. The second kappa shape index (κ2) is 7.48. The minimum absolute atomic E-state index is 0.215. The lowest BCUT2D eigenvalue weighted by molar-refractivity contribution is -0.119. The maximum atomic E-state index is 13.6. The van der Waals surface area contributed by atoms with Crippen molar-refractivity contribution in [2.75, 3.05) is 16.6 Å². The molecule has 2 aromatic carbocycles. The van der Waals surface area contributed by atoms with Gasteiger partial charge in [-0.05, 0) is 42.3 Å². The van der Waals surface area contributed by atoms with Crippen molar-refractivity contribution in [1.82, 2.24) is 5.32 Å². The molecule has 2 amide bonds. The van der Waals surface area contributed by atoms with Gasteiger partial charge >= 0.3 is 0 Å². The quantitative estimate of drug-likeness (QED) is 0.848. The lowest BCUT2D eigenvalue weighted by Crippen LogP contribution is -2.30. The molecule has 6 nitrogen and oxygen atoms in total. The third-order valence-corrected chi connectivity index (χ3v) is 6.23. The second-order valence-corrected chi connectivity index (χ2v) is 8.29. The molecule has 2 aromatic rings. The Kier molecular flexibility index (Phi) is 5.27. The molecule has 1 aliphatic rings. The predicted molar refractivity (Wildman–Crippen MR) is 99.3 cm³/mol. The lowest BCUT2D eigenvalue weighted by Gasteiger charge is -2.15. The van der Waals surface area contributed by atoms with Crippen molar-refractivity contribution in [3.63, 3.8) is 0 Å². The van der Waals surface area contributed by atoms with Gasteiger partial charge in [-0.2, -0.15) is 0 Å². The molecule has 1 aliphatic heterocycles. The monoisotopic (exact) mass is 390 g/mol. The Balaban J connectivity index is 1.64. The van der Waals surface area contributed by atoms with Crippen molar-refractivity contribution >= 4 is 27.5 Å². The van der Waals surface area contributed by atoms with Gasteiger partial charge in [0.1, 0.15) is 5.82 Å². The summed E-state index contributed by atoms with van der Waals surface area (Å²) in [4.78, 5) is 24.3. The van der Waals surface area contributed by atoms with E-state index in [4.69, 9.17) is 0 Å². The van der Waals surface area contributed by atoms with E-state index in [1.54, 1.807) is 25.1 Å². The van der Waals surface area contributed by atoms with Crippen LogP contribution >= 0.6 is 0 Å². The van der Waals surface area contributed by atoms with Crippen LogP contribution in [0.5, 0.6) is 0 Å². The number of sulfonamides is 1. The molecule has 1 heterocycles. The van der Waals surface area contributed by atoms with Gasteiger partial charge in [0, 0.05) is 12.1 Å². The summed E-state index contributed by atoms with van der Waals surface area (Å²) >= 11 is 0. The maximum absolute atomic E-state index is 13.6. The van der Waals surface area contributed by atoms with Crippen LogP contribution in [0.1, 0.15) is 22.8 Å². The van der Waals surface area contributed by atoms with Crippen molar-refractivity contribution in [3.8, 4) is 0 Å². The first-order chi connectivity index (χ1) is 12.8. The summed E-state index contributed by atoms with van der Waals surface area (Å²) in [5.41, 5.74) is 1.05. The molecule has 0 radical (unpaired) electrons. The zero-order valence-electron chi connectivity index (χ0n) is 14.7. The van der Waals surface area contributed by atoms with Crippen LogP contribution in [0.2, 0.25) is 0 Å². The van der Waals surface area contributed by atoms with E-state index in [1.165, 1.54) is 30.3 Å². The smallest absolute Gasteiger partial charge is 0.251 e. The molecule has 1 N–H and O–H groups in total. The van der Waals surface area contributed by atoms with Crippen molar-refractivity contribution in [2.24, 2.45) is 5.92 Å². The fourth-order valence-electron chi connectivity index (χ4n) is 2.95. The van der Waals surface area contributed by atoms with E-state index in [0.717, 1.165) is 4.31 Å². The normalized spacial score (nSPS) is 18.5. The van der Waals surface area contributed by atoms with E-state index < -0.39 is 21.8 Å². The van der Waals surface area contributed by atoms with Gasteiger partial charge in [-0.15, -0.1) is 0 Å². The summed E-state index contributed by atoms with van der Waals surface area (Å²) in [6.45, 7) is 1.83. The van der Waals surface area contributed by atoms with Gasteiger partial charge in [-0.25, -0.2) is 17.1 Å². The van der Waals surface area contributed by atoms with Crippen LogP contribution in [-0.4, -0.2) is 32.5 Å². The number of amides is 2. The minimum atomic E-state index is -3.67. The molecule has 1 fully saturated rings. The van der Waals surface area contributed by atoms with E-state index in [-0.39, 0.29) is 29.7 Å². The number of carbonyl (C=O) groups excluding carboxylic acids is 2. The number of hydrogen-bond donors (Lipinski definition) is 1. The predicted octanol–water partition coefficient (Wildman–Crippen LogP) is 2.11. The molecule has 142 valence electrons. The van der Waals surface area contributed by atoms with Crippen LogP contribution in [0.3, 0.4) is 0 Å². The molecular formula is C19H19FN2O4S. The number of carbonyl (C=O) groups is 2. The molecule has 0 aliphatic carbocycles. The van der Waals surface area contributed by atoms with E-state index in [1.807, 2.05) is 0 Å². The van der Waals surface area contributed by atoms with Gasteiger partial charge in [0.25, 0.3) is 5.91 Å². The van der Waals surface area contributed by atoms with E-state index >= 15 is 0 Å². The summed E-state index contributed by atoms with van der Waals surface area (Å²) in [5.74, 6) is -1.96. The van der Waals surface area contributed by atoms with Crippen molar-refractivity contribution in [1.29, 1.82) is 0 Å². The summed E-state index contributed by atoms with van der Waals surface area (Å²) in [5, 5.41) is 2.69. The second-order valence-electron chi connectivity index (χ2n) is 6.43. The Morgan fingerprint density at radius 3 is 2.44 bits per heavy atom. The van der Waals surface area contributed by atoms with E-state index in [9.17, 15) is 22.4 Å². The minimum Gasteiger partial charge on any atom is -0.352 e. The number of benzene rings is 2. The Hall–Kier alpha value is -2.74. The number of anilines is 1. The fraction of sp³-hybridized carbons (Fsp3) is 0.263. The van der Waals surface area contributed by atoms with Gasteiger partial charge in [-0.3, -0.25) is 9.59 Å². The molecule has 8 heteroatoms. The third kappa shape index (κ3) is 4.00. The molecule has 0 aromatic heterocycles. The van der Waals surface area contributed by atoms with Crippen LogP contribution in [0.15, 0.2) is 48.5 Å². The van der Waals surface area contributed by atoms with Gasteiger partial charge in [0.05, 0.1) is 17.4 Å². The van der Waals surface area contributed by atoms with Crippen molar-refractivity contribution in [2.45, 2.75) is 13.3 Å². The van der Waals surface area contributed by atoms with Crippen LogP contribution < -0.4 is 9.62 Å². The molecule has 1 saturated heterocycles. The number of nitrogens with one attached hydrogen (secondary N) is 1. The molecule has 0 spiro atoms. The Morgan fingerprint density at radius 2 is 1.85 bits per heavy atom. The van der Waals surface area contributed by atoms with Crippen LogP contribution in [0.25, 0.3) is 0 Å². The number of rotatable bonds is 5. The van der Waals surface area contributed by atoms with Gasteiger partial charge < -0.3 is 5.32 Å². The average Bonchev–Trinajstić information content (AvgIpc) is 2.84. The third-order valence-electron chi connectivity index (χ3n) is 4.36. The van der Waals surface area contributed by atoms with Crippen molar-refractivity contribution < 1.29 is 22.4 Å².